The summed E-state index contributed by atoms with van der Waals surface area (Å²) in [6.07, 6.45) is 0. The van der Waals surface area contributed by atoms with Gasteiger partial charge in [-0.2, -0.15) is 0 Å². The highest BCUT2D eigenvalue weighted by atomic mass is 32.2. The first kappa shape index (κ1) is 20.9. The van der Waals surface area contributed by atoms with Gasteiger partial charge < -0.3 is 19.5 Å². The van der Waals surface area contributed by atoms with E-state index in [0.717, 1.165) is 30.0 Å². The van der Waals surface area contributed by atoms with Gasteiger partial charge in [0.05, 0.1) is 5.75 Å². The van der Waals surface area contributed by atoms with E-state index in [4.69, 9.17) is 4.42 Å². The molecule has 2 amide bonds. The molecular weight excluding hydrogens is 414 g/mol. The summed E-state index contributed by atoms with van der Waals surface area (Å²) in [4.78, 5) is 28.8. The van der Waals surface area contributed by atoms with Gasteiger partial charge in [-0.1, -0.05) is 30.0 Å². The summed E-state index contributed by atoms with van der Waals surface area (Å²) < 4.78 is 5.25. The second-order valence-corrected chi connectivity index (χ2v) is 8.04. The van der Waals surface area contributed by atoms with E-state index >= 15 is 0 Å². The minimum Gasteiger partial charge on any atom is -0.416 e. The van der Waals surface area contributed by atoms with Crippen molar-refractivity contribution in [1.82, 2.24) is 15.1 Å². The lowest BCUT2D eigenvalue weighted by Gasteiger charge is -2.36. The quantitative estimate of drug-likeness (QED) is 0.593. The van der Waals surface area contributed by atoms with Gasteiger partial charge in [-0.05, 0) is 36.4 Å². The summed E-state index contributed by atoms with van der Waals surface area (Å²) in [5.74, 6) is 0.609. The number of nitrogens with zero attached hydrogens (tertiary/aromatic N) is 4. The van der Waals surface area contributed by atoms with E-state index in [9.17, 15) is 9.59 Å². The summed E-state index contributed by atoms with van der Waals surface area (Å²) in [6, 6.07) is 17.1. The Kier molecular flexibility index (Phi) is 6.51. The number of anilines is 2. The normalized spacial score (nSPS) is 13.8. The van der Waals surface area contributed by atoms with Crippen molar-refractivity contribution in [3.8, 4) is 0 Å². The summed E-state index contributed by atoms with van der Waals surface area (Å²) in [6.45, 7) is 4.60. The Bertz CT molecular complexity index is 1030. The molecule has 1 aliphatic rings. The van der Waals surface area contributed by atoms with Crippen molar-refractivity contribution in [1.29, 1.82) is 0 Å². The molecule has 1 fully saturated rings. The highest BCUT2D eigenvalue weighted by Gasteiger charge is 2.22. The van der Waals surface area contributed by atoms with Crippen molar-refractivity contribution in [2.75, 3.05) is 42.1 Å². The Morgan fingerprint density at radius 2 is 1.71 bits per heavy atom. The van der Waals surface area contributed by atoms with Gasteiger partial charge in [-0.15, -0.1) is 10.2 Å². The molecule has 31 heavy (non-hydrogen) atoms. The van der Waals surface area contributed by atoms with Crippen LogP contribution in [0.15, 0.2) is 64.2 Å². The fourth-order valence-electron chi connectivity index (χ4n) is 3.35. The van der Waals surface area contributed by atoms with Crippen LogP contribution in [-0.4, -0.2) is 58.8 Å². The van der Waals surface area contributed by atoms with Crippen molar-refractivity contribution in [3.05, 3.63) is 66.1 Å². The van der Waals surface area contributed by atoms with Crippen LogP contribution in [0.3, 0.4) is 0 Å². The van der Waals surface area contributed by atoms with Crippen molar-refractivity contribution in [2.24, 2.45) is 0 Å². The number of hydrogen-bond donors (Lipinski definition) is 1. The molecule has 8 nitrogen and oxygen atoms in total. The van der Waals surface area contributed by atoms with Gasteiger partial charge in [0, 0.05) is 50.0 Å². The molecule has 0 radical (unpaired) electrons. The molecule has 1 aromatic heterocycles. The van der Waals surface area contributed by atoms with Crippen LogP contribution >= 0.6 is 11.8 Å². The Morgan fingerprint density at radius 3 is 2.35 bits per heavy atom. The molecule has 160 valence electrons. The van der Waals surface area contributed by atoms with E-state index < -0.39 is 0 Å². The van der Waals surface area contributed by atoms with Gasteiger partial charge in [0.1, 0.15) is 0 Å². The zero-order valence-electron chi connectivity index (χ0n) is 17.2. The largest absolute Gasteiger partial charge is 0.416 e. The number of thioether (sulfide) groups is 1. The number of hydrogen-bond acceptors (Lipinski definition) is 7. The Hall–Kier alpha value is -3.33. The third kappa shape index (κ3) is 5.43. The Morgan fingerprint density at radius 1 is 1.00 bits per heavy atom. The zero-order chi connectivity index (χ0) is 21.6. The Balaban J connectivity index is 1.26. The molecular formula is C22H23N5O3S. The molecule has 1 aliphatic heterocycles. The number of piperazine rings is 1. The standard InChI is InChI=1S/C22H23N5O3S/c1-16-24-25-22(30-16)31-15-20(28)23-18-7-9-19(10-8-18)26-11-13-27(14-12-26)21(29)17-5-3-2-4-6-17/h2-10H,11-15H2,1H3,(H,23,28). The predicted molar refractivity (Wildman–Crippen MR) is 119 cm³/mol. The molecule has 3 aromatic rings. The van der Waals surface area contributed by atoms with Crippen molar-refractivity contribution >= 4 is 35.0 Å². The van der Waals surface area contributed by atoms with Gasteiger partial charge in [0.15, 0.2) is 0 Å². The highest BCUT2D eigenvalue weighted by molar-refractivity contribution is 7.99. The molecule has 2 heterocycles. The molecule has 1 N–H and O–H groups in total. The first-order chi connectivity index (χ1) is 15.1. The second kappa shape index (κ2) is 9.65. The predicted octanol–water partition coefficient (Wildman–Crippen LogP) is 3.07. The topological polar surface area (TPSA) is 91.6 Å². The lowest BCUT2D eigenvalue weighted by Crippen LogP contribution is -2.48. The van der Waals surface area contributed by atoms with Crippen LogP contribution in [0.25, 0.3) is 0 Å². The Labute approximate surface area is 184 Å². The molecule has 0 saturated carbocycles. The summed E-state index contributed by atoms with van der Waals surface area (Å²) in [5.41, 5.74) is 2.53. The molecule has 0 atom stereocenters. The van der Waals surface area contributed by atoms with Crippen LogP contribution in [0.4, 0.5) is 11.4 Å². The SMILES string of the molecule is Cc1nnc(SCC(=O)Nc2ccc(N3CCN(C(=O)c4ccccc4)CC3)cc2)o1. The summed E-state index contributed by atoms with van der Waals surface area (Å²) in [5, 5.41) is 10.8. The monoisotopic (exact) mass is 437 g/mol. The van der Waals surface area contributed by atoms with Gasteiger partial charge in [-0.3, -0.25) is 9.59 Å². The van der Waals surface area contributed by atoms with E-state index in [1.807, 2.05) is 59.5 Å². The van der Waals surface area contributed by atoms with Crippen molar-refractivity contribution in [2.45, 2.75) is 12.1 Å². The van der Waals surface area contributed by atoms with Crippen molar-refractivity contribution < 1.29 is 14.0 Å². The number of amides is 2. The van der Waals surface area contributed by atoms with Gasteiger partial charge >= 0.3 is 0 Å². The van der Waals surface area contributed by atoms with Crippen molar-refractivity contribution in [3.63, 3.8) is 0 Å². The number of aromatic nitrogens is 2. The molecule has 4 rings (SSSR count). The smallest absolute Gasteiger partial charge is 0.277 e. The number of benzene rings is 2. The number of rotatable bonds is 6. The fraction of sp³-hybridized carbons (Fsp3) is 0.273. The minimum atomic E-state index is -0.137. The zero-order valence-corrected chi connectivity index (χ0v) is 18.0. The van der Waals surface area contributed by atoms with E-state index in [0.29, 0.717) is 24.2 Å². The number of nitrogens with one attached hydrogen (secondary N) is 1. The highest BCUT2D eigenvalue weighted by Crippen LogP contribution is 2.21. The van der Waals surface area contributed by atoms with E-state index in [1.54, 1.807) is 6.92 Å². The maximum atomic E-state index is 12.6. The van der Waals surface area contributed by atoms with Crippen LogP contribution in [-0.2, 0) is 4.79 Å². The lowest BCUT2D eigenvalue weighted by molar-refractivity contribution is -0.113. The summed E-state index contributed by atoms with van der Waals surface area (Å²) in [7, 11) is 0. The van der Waals surface area contributed by atoms with Crippen LogP contribution < -0.4 is 10.2 Å². The van der Waals surface area contributed by atoms with Crippen LogP contribution in [0.5, 0.6) is 0 Å². The minimum absolute atomic E-state index is 0.0758. The molecule has 1 saturated heterocycles. The van der Waals surface area contributed by atoms with E-state index in [1.165, 1.54) is 11.8 Å². The fourth-order valence-corrected chi connectivity index (χ4v) is 3.95. The van der Waals surface area contributed by atoms with Crippen LogP contribution in [0.2, 0.25) is 0 Å². The van der Waals surface area contributed by atoms with E-state index in [2.05, 4.69) is 20.4 Å². The first-order valence-corrected chi connectivity index (χ1v) is 11.0. The van der Waals surface area contributed by atoms with E-state index in [-0.39, 0.29) is 17.6 Å². The maximum absolute atomic E-state index is 12.6. The third-order valence-electron chi connectivity index (χ3n) is 4.94. The molecule has 0 spiro atoms. The molecule has 2 aromatic carbocycles. The first-order valence-electron chi connectivity index (χ1n) is 10.0. The summed E-state index contributed by atoms with van der Waals surface area (Å²) >= 11 is 1.20. The molecule has 0 bridgehead atoms. The second-order valence-electron chi connectivity index (χ2n) is 7.12. The van der Waals surface area contributed by atoms with Gasteiger partial charge in [0.2, 0.25) is 11.8 Å². The third-order valence-corrected chi connectivity index (χ3v) is 5.76. The van der Waals surface area contributed by atoms with Gasteiger partial charge in [0.25, 0.3) is 11.1 Å². The van der Waals surface area contributed by atoms with Crippen LogP contribution in [0, 0.1) is 6.92 Å². The van der Waals surface area contributed by atoms with Crippen LogP contribution in [0.1, 0.15) is 16.2 Å². The maximum Gasteiger partial charge on any atom is 0.277 e. The van der Waals surface area contributed by atoms with Gasteiger partial charge in [-0.25, -0.2) is 0 Å². The molecule has 9 heteroatoms. The number of carbonyl (C=O) groups excluding carboxylic acids is 2. The number of aryl methyl sites for hydroxylation is 1. The average molecular weight is 438 g/mol. The molecule has 0 aliphatic carbocycles. The number of carbonyl (C=O) groups is 2. The average Bonchev–Trinajstić information content (AvgIpc) is 3.23. The lowest BCUT2D eigenvalue weighted by atomic mass is 10.1. The molecule has 0 unspecified atom stereocenters.